The second-order valence-electron chi connectivity index (χ2n) is 5.64. The molecule has 1 N–H and O–H groups in total. The van der Waals surface area contributed by atoms with E-state index >= 15 is 0 Å². The Bertz CT molecular complexity index is 718. The highest BCUT2D eigenvalue weighted by molar-refractivity contribution is 6.32. The van der Waals surface area contributed by atoms with Crippen LogP contribution < -0.4 is 4.99 Å². The van der Waals surface area contributed by atoms with Gasteiger partial charge in [-0.3, -0.25) is 4.99 Å². The Labute approximate surface area is 142 Å². The van der Waals surface area contributed by atoms with Gasteiger partial charge in [0.2, 0.25) is 5.69 Å². The molecule has 0 heterocycles. The highest BCUT2D eigenvalue weighted by Gasteiger charge is 2.21. The van der Waals surface area contributed by atoms with Gasteiger partial charge in [0.15, 0.2) is 6.21 Å². The molecule has 0 aliphatic heterocycles. The molecular weight excluding hydrogens is 304 g/mol. The lowest BCUT2D eigenvalue weighted by Gasteiger charge is -2.18. The van der Waals surface area contributed by atoms with Gasteiger partial charge in [-0.05, 0) is 37.0 Å². The fourth-order valence-electron chi connectivity index (χ4n) is 2.68. The summed E-state index contributed by atoms with van der Waals surface area (Å²) in [6.45, 7) is 0. The van der Waals surface area contributed by atoms with Crippen LogP contribution in [0.25, 0.3) is 0 Å². The van der Waals surface area contributed by atoms with Crippen LogP contribution in [0.5, 0.6) is 0 Å². The number of para-hydroxylation sites is 2. The van der Waals surface area contributed by atoms with E-state index in [-0.39, 0.29) is 5.92 Å². The number of hydrogen-bond acceptors (Lipinski definition) is 1. The van der Waals surface area contributed by atoms with Crippen LogP contribution in [-0.2, 0) is 0 Å². The lowest BCUT2D eigenvalue weighted by Crippen LogP contribution is -2.62. The second-order valence-corrected chi connectivity index (χ2v) is 6.05. The zero-order chi connectivity index (χ0) is 15.9. The monoisotopic (exact) mass is 323 g/mol. The highest BCUT2D eigenvalue weighted by atomic mass is 35.5. The summed E-state index contributed by atoms with van der Waals surface area (Å²) >= 11 is 6.60. The quantitative estimate of drug-likeness (QED) is 0.818. The molecule has 2 aromatic rings. The Morgan fingerprint density at radius 1 is 1.00 bits per heavy atom. The first-order chi connectivity index (χ1) is 11.3. The summed E-state index contributed by atoms with van der Waals surface area (Å²) in [6, 6.07) is 20.1. The molecule has 0 bridgehead atoms. The molecule has 1 atom stereocenters. The van der Waals surface area contributed by atoms with Gasteiger partial charge in [0.1, 0.15) is 0 Å². The molecule has 0 saturated heterocycles. The number of hydrogen-bond donors (Lipinski definition) is 1. The molecule has 2 aromatic carbocycles. The summed E-state index contributed by atoms with van der Waals surface area (Å²) in [4.78, 5) is 7.88. The third-order valence-electron chi connectivity index (χ3n) is 3.94. The average molecular weight is 324 g/mol. The Balaban J connectivity index is 1.75. The molecule has 0 saturated carbocycles. The van der Waals surface area contributed by atoms with E-state index in [9.17, 15) is 0 Å². The Morgan fingerprint density at radius 2 is 1.70 bits per heavy atom. The van der Waals surface area contributed by atoms with Gasteiger partial charge in [-0.1, -0.05) is 48.0 Å². The molecule has 0 radical (unpaired) electrons. The normalized spacial score (nSPS) is 18.9. The largest absolute Gasteiger partial charge is 0.257 e. The van der Waals surface area contributed by atoms with Crippen LogP contribution in [0, 0.1) is 5.92 Å². The van der Waals surface area contributed by atoms with Crippen molar-refractivity contribution < 1.29 is 4.99 Å². The van der Waals surface area contributed by atoms with E-state index in [1.807, 2.05) is 54.7 Å². The van der Waals surface area contributed by atoms with E-state index in [1.165, 1.54) is 0 Å². The van der Waals surface area contributed by atoms with Gasteiger partial charge in [0.25, 0.3) is 0 Å². The fraction of sp³-hybridized carbons (Fsp3) is 0.200. The molecule has 1 aliphatic carbocycles. The Kier molecular flexibility index (Phi) is 5.38. The molecule has 0 aromatic heterocycles. The van der Waals surface area contributed by atoms with Gasteiger partial charge < -0.3 is 0 Å². The summed E-state index contributed by atoms with van der Waals surface area (Å²) in [5.74, 6) is 0.239. The van der Waals surface area contributed by atoms with Gasteiger partial charge in [-0.15, -0.1) is 0 Å². The lowest BCUT2D eigenvalue weighted by molar-refractivity contribution is -0.350. The molecule has 0 amide bonds. The topological polar surface area (TPSA) is 26.3 Å². The number of aliphatic imine (C=N–C) groups is 1. The van der Waals surface area contributed by atoms with E-state index < -0.39 is 0 Å². The standard InChI is InChI=1S/C20H19ClN2/c21-20-16(14-22-18-10-3-1-4-11-18)8-7-9-17(20)15-23-19-12-5-2-6-13-19/h1-6,10-16H,7-9H2/p+1. The predicted octanol–water partition coefficient (Wildman–Crippen LogP) is 4.17. The van der Waals surface area contributed by atoms with Crippen LogP contribution in [-0.4, -0.2) is 12.4 Å². The first kappa shape index (κ1) is 15.7. The molecule has 0 spiro atoms. The van der Waals surface area contributed by atoms with Crippen LogP contribution in [0.1, 0.15) is 19.3 Å². The summed E-state index contributed by atoms with van der Waals surface area (Å²) < 4.78 is 0. The van der Waals surface area contributed by atoms with E-state index in [2.05, 4.69) is 28.3 Å². The summed E-state index contributed by atoms with van der Waals surface area (Å²) in [6.07, 6.45) is 7.20. The van der Waals surface area contributed by atoms with Crippen LogP contribution >= 0.6 is 11.6 Å². The molecule has 3 rings (SSSR count). The van der Waals surface area contributed by atoms with E-state index in [0.29, 0.717) is 0 Å². The first-order valence-electron chi connectivity index (χ1n) is 7.95. The minimum Gasteiger partial charge on any atom is -0.257 e. The zero-order valence-corrected chi connectivity index (χ0v) is 13.7. The third-order valence-corrected chi connectivity index (χ3v) is 4.47. The Hall–Kier alpha value is -2.19. The lowest BCUT2D eigenvalue weighted by atomic mass is 9.91. The molecule has 2 nitrogen and oxygen atoms in total. The average Bonchev–Trinajstić information content (AvgIpc) is 2.61. The third kappa shape index (κ3) is 4.40. The number of benzene rings is 2. The number of halogens is 1. The minimum atomic E-state index is 0.239. The number of nitrogens with one attached hydrogen (secondary N) is 1. The van der Waals surface area contributed by atoms with Crippen molar-refractivity contribution in [3.8, 4) is 0 Å². The molecule has 3 heteroatoms. The van der Waals surface area contributed by atoms with Crippen molar-refractivity contribution in [2.75, 3.05) is 0 Å². The molecule has 1 aliphatic rings. The summed E-state index contributed by atoms with van der Waals surface area (Å²) in [7, 11) is 0. The van der Waals surface area contributed by atoms with Gasteiger partial charge in [0.05, 0.1) is 11.6 Å². The van der Waals surface area contributed by atoms with Gasteiger partial charge in [-0.25, -0.2) is 4.99 Å². The highest BCUT2D eigenvalue weighted by Crippen LogP contribution is 2.30. The van der Waals surface area contributed by atoms with Crippen LogP contribution in [0.2, 0.25) is 0 Å². The van der Waals surface area contributed by atoms with Crippen molar-refractivity contribution in [3.63, 3.8) is 0 Å². The Morgan fingerprint density at radius 3 is 2.43 bits per heavy atom. The number of rotatable bonds is 4. The van der Waals surface area contributed by atoms with Crippen molar-refractivity contribution in [2.24, 2.45) is 10.9 Å². The zero-order valence-electron chi connectivity index (χ0n) is 13.0. The second kappa shape index (κ2) is 7.89. The minimum absolute atomic E-state index is 0.239. The van der Waals surface area contributed by atoms with Gasteiger partial charge in [-0.2, -0.15) is 0 Å². The van der Waals surface area contributed by atoms with E-state index in [4.69, 9.17) is 11.6 Å². The fourth-order valence-corrected chi connectivity index (χ4v) is 2.99. The van der Waals surface area contributed by atoms with Crippen LogP contribution in [0.4, 0.5) is 11.4 Å². The molecular formula is C20H20ClN2+. The first-order valence-corrected chi connectivity index (χ1v) is 8.33. The SMILES string of the molecule is ClC1=C(C=Nc2ccccc2)CCCC1C=[NH+]c1ccccc1. The van der Waals surface area contributed by atoms with Crippen LogP contribution in [0.15, 0.2) is 76.3 Å². The maximum absolute atomic E-state index is 6.60. The van der Waals surface area contributed by atoms with Crippen molar-refractivity contribution in [1.82, 2.24) is 0 Å². The predicted molar refractivity (Wildman–Crippen MR) is 97.9 cm³/mol. The van der Waals surface area contributed by atoms with Crippen molar-refractivity contribution in [3.05, 3.63) is 71.3 Å². The number of nitrogens with zero attached hydrogens (tertiary/aromatic N) is 1. The van der Waals surface area contributed by atoms with E-state index in [0.717, 1.165) is 41.2 Å². The summed E-state index contributed by atoms with van der Waals surface area (Å²) in [5.41, 5.74) is 3.18. The molecule has 116 valence electrons. The molecule has 1 unspecified atom stereocenters. The molecule has 0 fully saturated rings. The van der Waals surface area contributed by atoms with Crippen LogP contribution in [0.3, 0.4) is 0 Å². The smallest absolute Gasteiger partial charge is 0.203 e. The van der Waals surface area contributed by atoms with E-state index in [1.54, 1.807) is 0 Å². The van der Waals surface area contributed by atoms with Gasteiger partial charge >= 0.3 is 0 Å². The van der Waals surface area contributed by atoms with Crippen molar-refractivity contribution in [1.29, 1.82) is 0 Å². The maximum atomic E-state index is 6.60. The maximum Gasteiger partial charge on any atom is 0.203 e. The van der Waals surface area contributed by atoms with Crippen molar-refractivity contribution >= 4 is 35.4 Å². The van der Waals surface area contributed by atoms with Crippen molar-refractivity contribution in [2.45, 2.75) is 19.3 Å². The molecule has 23 heavy (non-hydrogen) atoms. The summed E-state index contributed by atoms with van der Waals surface area (Å²) in [5, 5.41) is 0.902. The van der Waals surface area contributed by atoms with Gasteiger partial charge in [0, 0.05) is 23.4 Å². The number of allylic oxidation sites excluding steroid dienone is 2.